The van der Waals surface area contributed by atoms with Crippen molar-refractivity contribution in [1.29, 1.82) is 0 Å². The number of ether oxygens (including phenoxy) is 2. The second kappa shape index (κ2) is 10.6. The zero-order chi connectivity index (χ0) is 24.0. The zero-order valence-electron chi connectivity index (χ0n) is 18.3. The molecule has 0 bridgehead atoms. The molecule has 1 fully saturated rings. The van der Waals surface area contributed by atoms with Crippen molar-refractivity contribution in [3.8, 4) is 0 Å². The third kappa shape index (κ3) is 6.04. The van der Waals surface area contributed by atoms with Gasteiger partial charge in [0.2, 0.25) is 5.91 Å². The molecule has 0 unspecified atom stereocenters. The molecule has 3 rings (SSSR count). The van der Waals surface area contributed by atoms with Gasteiger partial charge in [0, 0.05) is 49.7 Å². The fourth-order valence-corrected chi connectivity index (χ4v) is 3.52. The molecule has 1 amide bonds. The number of carbonyl (C=O) groups excluding carboxylic acids is 3. The number of hydrogen-bond acceptors (Lipinski definition) is 9. The first kappa shape index (κ1) is 23.7. The maximum absolute atomic E-state index is 12.6. The lowest BCUT2D eigenvalue weighted by Crippen LogP contribution is -2.48. The maximum Gasteiger partial charge on any atom is 0.337 e. The van der Waals surface area contributed by atoms with Gasteiger partial charge in [-0.2, -0.15) is 0 Å². The normalized spacial score (nSPS) is 13.8. The van der Waals surface area contributed by atoms with Gasteiger partial charge in [0.15, 0.2) is 0 Å². The van der Waals surface area contributed by atoms with Crippen LogP contribution in [0.25, 0.3) is 0 Å². The average molecular weight is 456 g/mol. The van der Waals surface area contributed by atoms with Gasteiger partial charge >= 0.3 is 11.9 Å². The lowest BCUT2D eigenvalue weighted by atomic mass is 10.1. The number of amides is 1. The van der Waals surface area contributed by atoms with Crippen LogP contribution in [0.3, 0.4) is 0 Å². The van der Waals surface area contributed by atoms with Gasteiger partial charge in [0.1, 0.15) is 0 Å². The monoisotopic (exact) mass is 456 g/mol. The van der Waals surface area contributed by atoms with Crippen molar-refractivity contribution in [3.63, 3.8) is 0 Å². The largest absolute Gasteiger partial charge is 0.465 e. The summed E-state index contributed by atoms with van der Waals surface area (Å²) < 4.78 is 9.40. The van der Waals surface area contributed by atoms with Crippen molar-refractivity contribution < 1.29 is 28.8 Å². The van der Waals surface area contributed by atoms with Crippen LogP contribution in [0.2, 0.25) is 0 Å². The topological polar surface area (TPSA) is 131 Å². The van der Waals surface area contributed by atoms with Crippen molar-refractivity contribution in [1.82, 2.24) is 4.90 Å². The van der Waals surface area contributed by atoms with E-state index in [-0.39, 0.29) is 35.0 Å². The molecule has 0 aromatic heterocycles. The van der Waals surface area contributed by atoms with Crippen LogP contribution in [0.5, 0.6) is 0 Å². The number of carbonyl (C=O) groups is 3. The van der Waals surface area contributed by atoms with Crippen molar-refractivity contribution in [2.75, 3.05) is 57.2 Å². The number of non-ortho nitro benzene ring substituents is 1. The SMILES string of the molecule is COC(=O)c1cc(NC(=O)CN2CCN(c3ccc([N+](=O)[O-])cc3)CC2)cc(C(=O)OC)c1. The molecule has 11 heteroatoms. The lowest BCUT2D eigenvalue weighted by Gasteiger charge is -2.35. The molecule has 1 aliphatic heterocycles. The summed E-state index contributed by atoms with van der Waals surface area (Å²) in [5.41, 5.74) is 1.45. The fourth-order valence-electron chi connectivity index (χ4n) is 3.52. The minimum atomic E-state index is -0.640. The Morgan fingerprint density at radius 3 is 1.97 bits per heavy atom. The van der Waals surface area contributed by atoms with Crippen molar-refractivity contribution in [3.05, 3.63) is 63.7 Å². The molecule has 2 aromatic carbocycles. The van der Waals surface area contributed by atoms with E-state index in [1.54, 1.807) is 12.1 Å². The number of benzene rings is 2. The first-order chi connectivity index (χ1) is 15.8. The number of esters is 2. The van der Waals surface area contributed by atoms with Crippen LogP contribution >= 0.6 is 0 Å². The van der Waals surface area contributed by atoms with E-state index in [9.17, 15) is 24.5 Å². The highest BCUT2D eigenvalue weighted by molar-refractivity contribution is 5.99. The van der Waals surface area contributed by atoms with Crippen LogP contribution < -0.4 is 10.2 Å². The Bertz CT molecular complexity index is 1010. The molecular weight excluding hydrogens is 432 g/mol. The third-order valence-electron chi connectivity index (χ3n) is 5.22. The summed E-state index contributed by atoms with van der Waals surface area (Å²) in [5.74, 6) is -1.58. The van der Waals surface area contributed by atoms with E-state index in [0.717, 1.165) is 5.69 Å². The Kier molecular flexibility index (Phi) is 7.57. The highest BCUT2D eigenvalue weighted by Crippen LogP contribution is 2.21. The molecule has 1 saturated heterocycles. The summed E-state index contributed by atoms with van der Waals surface area (Å²) in [4.78, 5) is 50.8. The Balaban J connectivity index is 1.58. The highest BCUT2D eigenvalue weighted by Gasteiger charge is 2.21. The number of piperazine rings is 1. The second-order valence-electron chi connectivity index (χ2n) is 7.37. The molecule has 0 spiro atoms. The first-order valence-electron chi connectivity index (χ1n) is 10.1. The van der Waals surface area contributed by atoms with Gasteiger partial charge in [-0.25, -0.2) is 9.59 Å². The number of nitro benzene ring substituents is 1. The smallest absolute Gasteiger partial charge is 0.337 e. The average Bonchev–Trinajstić information content (AvgIpc) is 2.83. The van der Waals surface area contributed by atoms with Gasteiger partial charge in [0.05, 0.1) is 36.8 Å². The Morgan fingerprint density at radius 2 is 1.48 bits per heavy atom. The van der Waals surface area contributed by atoms with E-state index in [4.69, 9.17) is 9.47 Å². The van der Waals surface area contributed by atoms with Gasteiger partial charge in [-0.15, -0.1) is 0 Å². The molecule has 0 saturated carbocycles. The molecule has 174 valence electrons. The molecule has 11 nitrogen and oxygen atoms in total. The number of methoxy groups -OCH3 is 2. The predicted octanol–water partition coefficient (Wildman–Crippen LogP) is 1.93. The van der Waals surface area contributed by atoms with E-state index in [1.807, 2.05) is 4.90 Å². The summed E-state index contributed by atoms with van der Waals surface area (Å²) in [7, 11) is 2.45. The van der Waals surface area contributed by atoms with E-state index >= 15 is 0 Å². The van der Waals surface area contributed by atoms with E-state index in [1.165, 1.54) is 44.6 Å². The standard InChI is InChI=1S/C22H24N4O7/c1-32-21(28)15-11-16(22(29)33-2)13-17(12-15)23-20(27)14-24-7-9-25(10-8-24)18-3-5-19(6-4-18)26(30)31/h3-6,11-13H,7-10,14H2,1-2H3,(H,23,27). The van der Waals surface area contributed by atoms with Crippen molar-refractivity contribution in [2.45, 2.75) is 0 Å². The molecule has 33 heavy (non-hydrogen) atoms. The van der Waals surface area contributed by atoms with Crippen LogP contribution in [-0.4, -0.2) is 74.6 Å². The minimum Gasteiger partial charge on any atom is -0.465 e. The van der Waals surface area contributed by atoms with Crippen LogP contribution in [0, 0.1) is 10.1 Å². The van der Waals surface area contributed by atoms with Gasteiger partial charge in [-0.3, -0.25) is 19.8 Å². The summed E-state index contributed by atoms with van der Waals surface area (Å²) in [6, 6.07) is 10.6. The summed E-state index contributed by atoms with van der Waals surface area (Å²) in [5, 5.41) is 13.5. The molecule has 0 atom stereocenters. The number of nitrogens with zero attached hydrogens (tertiary/aromatic N) is 3. The van der Waals surface area contributed by atoms with Crippen LogP contribution in [-0.2, 0) is 14.3 Å². The summed E-state index contributed by atoms with van der Waals surface area (Å²) in [6.45, 7) is 2.70. The molecular formula is C22H24N4O7. The molecule has 1 heterocycles. The number of rotatable bonds is 7. The van der Waals surface area contributed by atoms with E-state index in [2.05, 4.69) is 10.2 Å². The van der Waals surface area contributed by atoms with E-state index in [0.29, 0.717) is 26.2 Å². The van der Waals surface area contributed by atoms with Crippen molar-refractivity contribution in [2.24, 2.45) is 0 Å². The summed E-state index contributed by atoms with van der Waals surface area (Å²) in [6.07, 6.45) is 0. The Morgan fingerprint density at radius 1 is 0.939 bits per heavy atom. The highest BCUT2D eigenvalue weighted by atomic mass is 16.6. The van der Waals surface area contributed by atoms with Crippen LogP contribution in [0.15, 0.2) is 42.5 Å². The Hall–Kier alpha value is -3.99. The fraction of sp³-hybridized carbons (Fsp3) is 0.318. The van der Waals surface area contributed by atoms with Crippen LogP contribution in [0.4, 0.5) is 17.1 Å². The number of nitro groups is 1. The first-order valence-corrected chi connectivity index (χ1v) is 10.1. The third-order valence-corrected chi connectivity index (χ3v) is 5.22. The van der Waals surface area contributed by atoms with E-state index < -0.39 is 16.9 Å². The number of hydrogen-bond donors (Lipinski definition) is 1. The molecule has 1 aliphatic rings. The van der Waals surface area contributed by atoms with Gasteiger partial charge in [-0.1, -0.05) is 0 Å². The minimum absolute atomic E-state index is 0.0423. The maximum atomic E-state index is 12.6. The van der Waals surface area contributed by atoms with Gasteiger partial charge in [-0.05, 0) is 30.3 Å². The van der Waals surface area contributed by atoms with Crippen LogP contribution in [0.1, 0.15) is 20.7 Å². The van der Waals surface area contributed by atoms with Gasteiger partial charge < -0.3 is 19.7 Å². The van der Waals surface area contributed by atoms with Gasteiger partial charge in [0.25, 0.3) is 5.69 Å². The molecule has 1 N–H and O–H groups in total. The zero-order valence-corrected chi connectivity index (χ0v) is 18.3. The quantitative estimate of drug-likeness (QED) is 0.377. The predicted molar refractivity (Wildman–Crippen MR) is 120 cm³/mol. The Labute approximate surface area is 190 Å². The molecule has 2 aromatic rings. The number of anilines is 2. The second-order valence-corrected chi connectivity index (χ2v) is 7.37. The molecule has 0 radical (unpaired) electrons. The lowest BCUT2D eigenvalue weighted by molar-refractivity contribution is -0.384. The van der Waals surface area contributed by atoms with Crippen molar-refractivity contribution >= 4 is 34.9 Å². The number of nitrogens with one attached hydrogen (secondary N) is 1. The molecule has 0 aliphatic carbocycles. The summed E-state index contributed by atoms with van der Waals surface area (Å²) >= 11 is 0.